The molecule has 0 saturated carbocycles. The first-order valence-electron chi connectivity index (χ1n) is 15.2. The minimum Gasteiger partial charge on any atom is -0.496 e. The summed E-state index contributed by atoms with van der Waals surface area (Å²) < 4.78 is 10.2. The first-order valence-corrected chi connectivity index (χ1v) is 17.6. The molecule has 1 heterocycles. The molecule has 1 aromatic heterocycles. The van der Waals surface area contributed by atoms with Crippen LogP contribution in [0.25, 0.3) is 27.3 Å². The number of aryl methyl sites for hydroxylation is 2. The summed E-state index contributed by atoms with van der Waals surface area (Å²) in [4.78, 5) is 39.5. The zero-order valence-electron chi connectivity index (χ0n) is 28.0. The number of nitrogens with zero attached hydrogens (tertiary/aromatic N) is 1. The van der Waals surface area contributed by atoms with E-state index >= 15 is 0 Å². The average Bonchev–Trinajstić information content (AvgIpc) is 3.13. The van der Waals surface area contributed by atoms with Crippen LogP contribution in [0.3, 0.4) is 0 Å². The normalized spacial score (nSPS) is 10.0. The highest BCUT2D eigenvalue weighted by Gasteiger charge is 2.22. The van der Waals surface area contributed by atoms with Gasteiger partial charge in [-0.25, -0.2) is 9.78 Å². The summed E-state index contributed by atoms with van der Waals surface area (Å²) in [7, 11) is 2.93. The van der Waals surface area contributed by atoms with Crippen LogP contribution >= 0.6 is 58.4 Å². The van der Waals surface area contributed by atoms with Crippen molar-refractivity contribution in [2.75, 3.05) is 14.2 Å². The van der Waals surface area contributed by atoms with Crippen LogP contribution in [-0.4, -0.2) is 40.5 Å². The van der Waals surface area contributed by atoms with E-state index in [-0.39, 0.29) is 21.8 Å². The average molecular weight is 784 g/mol. The van der Waals surface area contributed by atoms with E-state index in [1.807, 2.05) is 74.5 Å². The third kappa shape index (κ3) is 10.7. The van der Waals surface area contributed by atoms with Gasteiger partial charge in [0.2, 0.25) is 10.6 Å². The molecule has 8 nitrogen and oxygen atoms in total. The summed E-state index contributed by atoms with van der Waals surface area (Å²) in [5, 5.41) is 11.1. The van der Waals surface area contributed by atoms with Gasteiger partial charge in [-0.3, -0.25) is 9.59 Å². The van der Waals surface area contributed by atoms with Gasteiger partial charge in [0.15, 0.2) is 0 Å². The summed E-state index contributed by atoms with van der Waals surface area (Å²) in [6.45, 7) is 3.82. The maximum absolute atomic E-state index is 12.8. The van der Waals surface area contributed by atoms with Gasteiger partial charge in [0.1, 0.15) is 38.6 Å². The number of halogens is 3. The predicted octanol–water partition coefficient (Wildman–Crippen LogP) is 8.98. The number of aromatic nitrogens is 1. The van der Waals surface area contributed by atoms with Gasteiger partial charge in [0.05, 0.1) is 14.2 Å². The summed E-state index contributed by atoms with van der Waals surface area (Å²) >= 11 is 23.1. The molecule has 3 N–H and O–H groups in total. The summed E-state index contributed by atoms with van der Waals surface area (Å²) in [6, 6.07) is 25.4. The third-order valence-corrected chi connectivity index (χ3v) is 8.97. The van der Waals surface area contributed by atoms with Crippen LogP contribution in [0, 0.1) is 0 Å². The van der Waals surface area contributed by atoms with Gasteiger partial charge in [-0.15, -0.1) is 0 Å². The fraction of sp³-hybridized carbons (Fsp3) is 0.158. The van der Waals surface area contributed by atoms with Crippen LogP contribution in [0.2, 0.25) is 10.0 Å². The van der Waals surface area contributed by atoms with Gasteiger partial charge in [-0.2, -0.15) is 0 Å². The van der Waals surface area contributed by atoms with Crippen molar-refractivity contribution >= 4 is 80.1 Å². The smallest absolute Gasteiger partial charge is 0.264 e. The molecule has 264 valence electrons. The lowest BCUT2D eigenvalue weighted by Crippen LogP contribution is -2.08. The number of rotatable bonds is 9. The van der Waals surface area contributed by atoms with Crippen molar-refractivity contribution in [1.29, 1.82) is 0 Å². The number of allylic oxidation sites excluding steroid dienone is 1. The molecule has 0 fully saturated rings. The van der Waals surface area contributed by atoms with Crippen LogP contribution in [-0.2, 0) is 22.4 Å². The van der Waals surface area contributed by atoms with Crippen LogP contribution in [0.4, 0.5) is 0 Å². The van der Waals surface area contributed by atoms with Crippen molar-refractivity contribution in [3.63, 3.8) is 0 Å². The van der Waals surface area contributed by atoms with Crippen molar-refractivity contribution in [2.24, 2.45) is 5.73 Å². The van der Waals surface area contributed by atoms with E-state index in [0.717, 1.165) is 28.0 Å². The Balaban J connectivity index is 0.000000232. The van der Waals surface area contributed by atoms with Crippen LogP contribution in [0.5, 0.6) is 17.4 Å². The van der Waals surface area contributed by atoms with E-state index < -0.39 is 5.24 Å². The first kappa shape index (κ1) is 40.9. The highest BCUT2D eigenvalue weighted by atomic mass is 35.5. The molecule has 0 amide bonds. The molecule has 5 aromatic rings. The van der Waals surface area contributed by atoms with Crippen molar-refractivity contribution in [3.8, 4) is 39.1 Å². The fourth-order valence-corrected chi connectivity index (χ4v) is 6.42. The molecular formula is C38H33Cl3N2O6S2. The highest BCUT2D eigenvalue weighted by molar-refractivity contribution is 7.80. The summed E-state index contributed by atoms with van der Waals surface area (Å²) in [5.74, 6) is 2.02. The number of hydrogen-bond donors (Lipinski definition) is 2. The van der Waals surface area contributed by atoms with Crippen molar-refractivity contribution < 1.29 is 24.2 Å². The second-order valence-electron chi connectivity index (χ2n) is 10.3. The number of nitrogens with two attached hydrogens (primary N) is 1. The lowest BCUT2D eigenvalue weighted by atomic mass is 9.98. The zero-order chi connectivity index (χ0) is 37.7. The monoisotopic (exact) mass is 782 g/mol. The summed E-state index contributed by atoms with van der Waals surface area (Å²) in [6.07, 6.45) is 1.22. The molecule has 0 saturated heterocycles. The van der Waals surface area contributed by atoms with Crippen LogP contribution in [0.1, 0.15) is 36.1 Å². The Labute approximate surface area is 320 Å². The Kier molecular flexibility index (Phi) is 15.8. The molecule has 4 aromatic carbocycles. The quantitative estimate of drug-likeness (QED) is 0.0652. The molecule has 5 rings (SSSR count). The van der Waals surface area contributed by atoms with Gasteiger partial charge in [0.25, 0.3) is 5.24 Å². The number of aromatic hydroxyl groups is 1. The lowest BCUT2D eigenvalue weighted by molar-refractivity contribution is -0.106. The number of carbonyl (C=O) groups is 1. The minimum absolute atomic E-state index is 0.148. The van der Waals surface area contributed by atoms with Crippen molar-refractivity contribution in [2.45, 2.75) is 26.7 Å². The van der Waals surface area contributed by atoms with E-state index in [2.05, 4.69) is 4.98 Å². The van der Waals surface area contributed by atoms with Crippen LogP contribution in [0.15, 0.2) is 89.7 Å². The molecule has 13 heteroatoms. The molecule has 0 unspecified atom stereocenters. The Hall–Kier alpha value is -4.54. The van der Waals surface area contributed by atoms with Crippen LogP contribution < -0.4 is 19.9 Å². The largest absolute Gasteiger partial charge is 0.496 e. The third-order valence-electron chi connectivity index (χ3n) is 7.20. The number of benzene rings is 4. The molecule has 0 spiro atoms. The molecule has 0 aliphatic heterocycles. The Bertz CT molecular complexity index is 2070. The van der Waals surface area contributed by atoms with Gasteiger partial charge in [0, 0.05) is 32.3 Å². The van der Waals surface area contributed by atoms with Crippen molar-refractivity contribution in [3.05, 3.63) is 127 Å². The van der Waals surface area contributed by atoms with E-state index in [9.17, 15) is 19.5 Å². The Morgan fingerprint density at radius 1 is 0.882 bits per heavy atom. The molecule has 0 aliphatic rings. The van der Waals surface area contributed by atoms with Gasteiger partial charge in [-0.05, 0) is 59.8 Å². The number of ether oxygens (including phenoxy) is 2. The summed E-state index contributed by atoms with van der Waals surface area (Å²) in [5.41, 5.74) is 9.39. The van der Waals surface area contributed by atoms with E-state index in [0.29, 0.717) is 61.1 Å². The molecule has 0 atom stereocenters. The molecule has 0 bridgehead atoms. The standard InChI is InChI=1S/C19H16ClNO3S.C12H10Cl2O3.C7H7NS/c1-3-11-9-13(20)10-14(24-2)15(11)16-17(22)21-18(25-19(16)23)12-7-5-4-6-8-12;1-3-7-4-8(13)5-10(17-2)11(7)9(6-15)12(14)16;8-7(9)6-4-2-1-3-5-6/h4-10,22H,3H2,1-2H3;4-5H,3H2,1-2H3;1-5H,(H2,8,9). The Morgan fingerprint density at radius 3 is 1.86 bits per heavy atom. The highest BCUT2D eigenvalue weighted by Crippen LogP contribution is 2.39. The van der Waals surface area contributed by atoms with Gasteiger partial charge >= 0.3 is 0 Å². The van der Waals surface area contributed by atoms with E-state index in [4.69, 9.17) is 62.2 Å². The fourth-order valence-electron chi connectivity index (χ4n) is 4.83. The second kappa shape index (κ2) is 19.7. The number of methoxy groups -OCH3 is 2. The molecule has 0 radical (unpaired) electrons. The molecule has 0 aliphatic carbocycles. The maximum atomic E-state index is 12.8. The molecular weight excluding hydrogens is 751 g/mol. The second-order valence-corrected chi connectivity index (χ2v) is 13.0. The minimum atomic E-state index is -0.865. The predicted molar refractivity (Wildman–Crippen MR) is 212 cm³/mol. The van der Waals surface area contributed by atoms with Gasteiger partial charge in [-0.1, -0.05) is 121 Å². The number of hydrogen-bond acceptors (Lipinski definition) is 9. The van der Waals surface area contributed by atoms with E-state index in [1.165, 1.54) is 20.3 Å². The SMILES string of the molecule is CCc1cc(Cl)cc(OC)c1-c1c(O)nc(-c2ccccc2)sc1=O.CCc1cc(Cl)cc(OC)c1C(=C=O)C(=O)Cl.NC(=S)c1ccccc1. The maximum Gasteiger partial charge on any atom is 0.264 e. The van der Waals surface area contributed by atoms with Gasteiger partial charge < -0.3 is 20.3 Å². The number of thiocarbonyl (C=S) groups is 1. The van der Waals surface area contributed by atoms with E-state index in [1.54, 1.807) is 24.1 Å². The molecule has 51 heavy (non-hydrogen) atoms. The zero-order valence-corrected chi connectivity index (χ0v) is 31.9. The first-order chi connectivity index (χ1) is 24.4. The Morgan fingerprint density at radius 2 is 1.41 bits per heavy atom. The van der Waals surface area contributed by atoms with Crippen molar-refractivity contribution in [1.82, 2.24) is 4.98 Å². The lowest BCUT2D eigenvalue weighted by Gasteiger charge is -2.14. The number of carbonyl (C=O) groups excluding carboxylic acids is 2. The topological polar surface area (TPSA) is 129 Å².